The highest BCUT2D eigenvalue weighted by molar-refractivity contribution is 5.91. The third-order valence-corrected chi connectivity index (χ3v) is 4.88. The summed E-state index contributed by atoms with van der Waals surface area (Å²) >= 11 is 0. The van der Waals surface area contributed by atoms with Gasteiger partial charge in [-0.25, -0.2) is 4.68 Å². The Bertz CT molecular complexity index is 803. The van der Waals surface area contributed by atoms with Crippen LogP contribution in [-0.4, -0.2) is 15.3 Å². The third-order valence-electron chi connectivity index (χ3n) is 4.88. The van der Waals surface area contributed by atoms with Crippen molar-refractivity contribution >= 4 is 11.6 Å². The number of amides is 1. The fraction of sp³-hybridized carbons (Fsp3) is 0.455. The number of rotatable bonds is 11. The molecule has 1 aromatic heterocycles. The van der Waals surface area contributed by atoms with Gasteiger partial charge in [0.1, 0.15) is 5.69 Å². The van der Waals surface area contributed by atoms with Gasteiger partial charge in [0.25, 0.3) is 5.56 Å². The molecule has 0 bridgehead atoms. The normalized spacial score (nSPS) is 10.7. The number of carbonyl (C=O) groups is 1. The summed E-state index contributed by atoms with van der Waals surface area (Å²) in [4.78, 5) is 25.0. The number of hydrogen-bond donors (Lipinski definition) is 1. The third kappa shape index (κ3) is 5.71. The molecule has 27 heavy (non-hydrogen) atoms. The van der Waals surface area contributed by atoms with Gasteiger partial charge in [-0.15, -0.1) is 6.58 Å². The van der Waals surface area contributed by atoms with Crippen molar-refractivity contribution in [2.24, 2.45) is 7.05 Å². The van der Waals surface area contributed by atoms with E-state index in [9.17, 15) is 9.59 Å². The molecule has 0 aliphatic carbocycles. The van der Waals surface area contributed by atoms with E-state index in [4.69, 9.17) is 0 Å². The van der Waals surface area contributed by atoms with Crippen LogP contribution >= 0.6 is 0 Å². The number of allylic oxidation sites excluding steroid dienone is 1. The second kappa shape index (κ2) is 10.6. The van der Waals surface area contributed by atoms with Gasteiger partial charge < -0.3 is 5.32 Å². The maximum atomic E-state index is 12.8. The highest BCUT2D eigenvalue weighted by atomic mass is 16.2. The monoisotopic (exact) mass is 369 g/mol. The highest BCUT2D eigenvalue weighted by Crippen LogP contribution is 2.15. The summed E-state index contributed by atoms with van der Waals surface area (Å²) in [5.41, 5.74) is 1.71. The number of carbonyl (C=O) groups excluding carboxylic acids is 1. The highest BCUT2D eigenvalue weighted by Gasteiger charge is 2.17. The summed E-state index contributed by atoms with van der Waals surface area (Å²) in [7, 11) is 1.83. The van der Waals surface area contributed by atoms with E-state index >= 15 is 0 Å². The van der Waals surface area contributed by atoms with Gasteiger partial charge in [0.2, 0.25) is 5.91 Å². The van der Waals surface area contributed by atoms with Gasteiger partial charge in [0.05, 0.1) is 11.4 Å². The Balaban J connectivity index is 1.88. The Morgan fingerprint density at radius 1 is 1.07 bits per heavy atom. The zero-order valence-corrected chi connectivity index (χ0v) is 16.5. The molecule has 0 unspecified atom stereocenters. The predicted molar refractivity (Wildman–Crippen MR) is 112 cm³/mol. The van der Waals surface area contributed by atoms with Crippen LogP contribution in [0.4, 0.5) is 5.69 Å². The molecule has 0 spiro atoms. The van der Waals surface area contributed by atoms with Crippen molar-refractivity contribution in [1.82, 2.24) is 9.36 Å². The van der Waals surface area contributed by atoms with Gasteiger partial charge in [0.15, 0.2) is 0 Å². The molecule has 0 aliphatic rings. The molecular weight excluding hydrogens is 338 g/mol. The number of hydrogen-bond acceptors (Lipinski definition) is 2. The van der Waals surface area contributed by atoms with E-state index in [2.05, 4.69) is 11.9 Å². The fourth-order valence-corrected chi connectivity index (χ4v) is 3.20. The van der Waals surface area contributed by atoms with Crippen LogP contribution in [0.1, 0.15) is 57.1 Å². The maximum absolute atomic E-state index is 12.8. The summed E-state index contributed by atoms with van der Waals surface area (Å²) in [5, 5.41) is 2.82. The molecule has 1 N–H and O–H groups in total. The molecule has 1 amide bonds. The molecule has 0 fully saturated rings. The molecule has 146 valence electrons. The quantitative estimate of drug-likeness (QED) is 0.460. The Hall–Kier alpha value is -2.56. The molecule has 0 saturated heterocycles. The second-order valence-electron chi connectivity index (χ2n) is 6.93. The number of unbranched alkanes of at least 4 members (excludes halogenated alkanes) is 6. The van der Waals surface area contributed by atoms with Gasteiger partial charge in [-0.1, -0.05) is 50.0 Å². The van der Waals surface area contributed by atoms with E-state index in [1.807, 2.05) is 50.4 Å². The molecule has 2 aromatic rings. The van der Waals surface area contributed by atoms with Crippen LogP contribution < -0.4 is 10.9 Å². The lowest BCUT2D eigenvalue weighted by Gasteiger charge is -2.07. The van der Waals surface area contributed by atoms with Gasteiger partial charge in [-0.05, 0) is 38.3 Å². The predicted octanol–water partition coefficient (Wildman–Crippen LogP) is 4.73. The lowest BCUT2D eigenvalue weighted by molar-refractivity contribution is -0.116. The summed E-state index contributed by atoms with van der Waals surface area (Å²) in [6.07, 6.45) is 10.2. The standard InChI is InChI=1S/C22H31N3O2/c1-4-5-6-7-8-9-10-14-17-20(26)23-21-18(2)24(3)25(22(21)27)19-15-12-11-13-16-19/h4,11-13,15-16H,1,5-10,14,17H2,2-3H3,(H,23,26). The molecule has 5 nitrogen and oxygen atoms in total. The van der Waals surface area contributed by atoms with Crippen molar-refractivity contribution in [2.75, 3.05) is 5.32 Å². The zero-order chi connectivity index (χ0) is 19.6. The summed E-state index contributed by atoms with van der Waals surface area (Å²) < 4.78 is 3.35. The van der Waals surface area contributed by atoms with Gasteiger partial charge >= 0.3 is 0 Å². The smallest absolute Gasteiger partial charge is 0.295 e. The van der Waals surface area contributed by atoms with Gasteiger partial charge in [0, 0.05) is 13.5 Å². The molecule has 0 aliphatic heterocycles. The van der Waals surface area contributed by atoms with E-state index in [0.717, 1.165) is 37.1 Å². The van der Waals surface area contributed by atoms with Crippen LogP contribution in [-0.2, 0) is 11.8 Å². The maximum Gasteiger partial charge on any atom is 0.295 e. The number of anilines is 1. The molecule has 0 radical (unpaired) electrons. The minimum atomic E-state index is -0.197. The van der Waals surface area contributed by atoms with E-state index in [1.165, 1.54) is 19.3 Å². The molecule has 1 aromatic carbocycles. The van der Waals surface area contributed by atoms with Crippen molar-refractivity contribution in [2.45, 2.75) is 58.3 Å². The van der Waals surface area contributed by atoms with Crippen LogP contribution in [0.2, 0.25) is 0 Å². The minimum absolute atomic E-state index is 0.0901. The zero-order valence-electron chi connectivity index (χ0n) is 16.5. The SMILES string of the molecule is C=CCCCCCCCCC(=O)Nc1c(C)n(C)n(-c2ccccc2)c1=O. The number of nitrogens with zero attached hydrogens (tertiary/aromatic N) is 2. The molecular formula is C22H31N3O2. The van der Waals surface area contributed by atoms with Crippen LogP contribution in [0.15, 0.2) is 47.8 Å². The van der Waals surface area contributed by atoms with Crippen molar-refractivity contribution in [3.8, 4) is 5.69 Å². The number of aromatic nitrogens is 2. The van der Waals surface area contributed by atoms with Gasteiger partial charge in [-0.2, -0.15) is 0 Å². The lowest BCUT2D eigenvalue weighted by Crippen LogP contribution is -2.22. The Kier molecular flexibility index (Phi) is 8.11. The first-order valence-corrected chi connectivity index (χ1v) is 9.81. The molecule has 0 saturated carbocycles. The molecule has 5 heteroatoms. The van der Waals surface area contributed by atoms with Crippen molar-refractivity contribution in [1.29, 1.82) is 0 Å². The Morgan fingerprint density at radius 3 is 2.37 bits per heavy atom. The molecule has 0 atom stereocenters. The largest absolute Gasteiger partial charge is 0.320 e. The van der Waals surface area contributed by atoms with Crippen molar-refractivity contribution in [3.63, 3.8) is 0 Å². The van der Waals surface area contributed by atoms with E-state index in [-0.39, 0.29) is 11.5 Å². The van der Waals surface area contributed by atoms with Crippen LogP contribution in [0.3, 0.4) is 0 Å². The first-order valence-electron chi connectivity index (χ1n) is 9.81. The molecule has 2 rings (SSSR count). The van der Waals surface area contributed by atoms with Crippen LogP contribution in [0, 0.1) is 6.92 Å². The summed E-state index contributed by atoms with van der Waals surface area (Å²) in [6.45, 7) is 5.58. The minimum Gasteiger partial charge on any atom is -0.320 e. The lowest BCUT2D eigenvalue weighted by atomic mass is 10.1. The van der Waals surface area contributed by atoms with Crippen molar-refractivity contribution < 1.29 is 4.79 Å². The second-order valence-corrected chi connectivity index (χ2v) is 6.93. The topological polar surface area (TPSA) is 56.0 Å². The van der Waals surface area contributed by atoms with E-state index in [0.29, 0.717) is 12.1 Å². The summed E-state index contributed by atoms with van der Waals surface area (Å²) in [5.74, 6) is -0.0901. The van der Waals surface area contributed by atoms with Crippen LogP contribution in [0.25, 0.3) is 5.69 Å². The molecule has 1 heterocycles. The first-order chi connectivity index (χ1) is 13.1. The average Bonchev–Trinajstić information content (AvgIpc) is 2.88. The Morgan fingerprint density at radius 2 is 1.70 bits per heavy atom. The van der Waals surface area contributed by atoms with Crippen LogP contribution in [0.5, 0.6) is 0 Å². The van der Waals surface area contributed by atoms with Crippen molar-refractivity contribution in [3.05, 3.63) is 59.0 Å². The average molecular weight is 370 g/mol. The number of para-hydroxylation sites is 1. The van der Waals surface area contributed by atoms with E-state index in [1.54, 1.807) is 9.36 Å². The first kappa shape index (κ1) is 20.7. The number of benzene rings is 1. The number of nitrogens with one attached hydrogen (secondary N) is 1. The Labute approximate surface area is 161 Å². The fourth-order valence-electron chi connectivity index (χ4n) is 3.20. The van der Waals surface area contributed by atoms with Gasteiger partial charge in [-0.3, -0.25) is 14.3 Å². The summed E-state index contributed by atoms with van der Waals surface area (Å²) in [6, 6.07) is 9.44. The van der Waals surface area contributed by atoms with E-state index < -0.39 is 0 Å².